The molecule has 0 spiro atoms. The third-order valence-corrected chi connectivity index (χ3v) is 2.33. The standard InChI is InChI=1S/C12H11N5O3/c1-8-5-11(18)15-12(14-8)16-13-7-9-3-2-4-10(6-9)17(19)20/h2-7H,1H3,(H2,14,15,16,18). The van der Waals surface area contributed by atoms with Gasteiger partial charge >= 0.3 is 0 Å². The third-order valence-electron chi connectivity index (χ3n) is 2.33. The van der Waals surface area contributed by atoms with E-state index < -0.39 is 4.92 Å². The molecular formula is C12H11N5O3. The number of H-pyrrole nitrogens is 1. The molecule has 8 heteroatoms. The van der Waals surface area contributed by atoms with E-state index in [1.54, 1.807) is 19.1 Å². The van der Waals surface area contributed by atoms with Crippen molar-refractivity contribution < 1.29 is 4.92 Å². The van der Waals surface area contributed by atoms with Crippen molar-refractivity contribution in [1.29, 1.82) is 0 Å². The fraction of sp³-hybridized carbons (Fsp3) is 0.0833. The van der Waals surface area contributed by atoms with E-state index in [-0.39, 0.29) is 17.2 Å². The fourth-order valence-electron chi connectivity index (χ4n) is 1.52. The summed E-state index contributed by atoms with van der Waals surface area (Å²) in [7, 11) is 0. The van der Waals surface area contributed by atoms with Crippen LogP contribution < -0.4 is 11.0 Å². The lowest BCUT2D eigenvalue weighted by atomic mass is 10.2. The number of aromatic amines is 1. The molecule has 1 aromatic carbocycles. The van der Waals surface area contributed by atoms with Gasteiger partial charge < -0.3 is 0 Å². The first-order chi connectivity index (χ1) is 9.54. The van der Waals surface area contributed by atoms with E-state index in [4.69, 9.17) is 0 Å². The van der Waals surface area contributed by atoms with Crippen LogP contribution in [0.25, 0.3) is 0 Å². The molecule has 2 N–H and O–H groups in total. The second-order valence-electron chi connectivity index (χ2n) is 3.96. The molecule has 0 radical (unpaired) electrons. The van der Waals surface area contributed by atoms with E-state index in [0.29, 0.717) is 11.3 Å². The Morgan fingerprint density at radius 3 is 2.95 bits per heavy atom. The molecule has 2 aromatic rings. The Bertz CT molecular complexity index is 723. The largest absolute Gasteiger partial charge is 0.291 e. The van der Waals surface area contributed by atoms with Gasteiger partial charge in [0, 0.05) is 29.5 Å². The van der Waals surface area contributed by atoms with Gasteiger partial charge in [-0.05, 0) is 6.92 Å². The molecule has 0 aliphatic rings. The molecule has 1 heterocycles. The minimum Gasteiger partial charge on any atom is -0.291 e. The first-order valence-electron chi connectivity index (χ1n) is 5.66. The van der Waals surface area contributed by atoms with Crippen LogP contribution in [0.4, 0.5) is 11.6 Å². The highest BCUT2D eigenvalue weighted by molar-refractivity contribution is 5.81. The van der Waals surface area contributed by atoms with Gasteiger partial charge in [0.15, 0.2) is 0 Å². The summed E-state index contributed by atoms with van der Waals surface area (Å²) < 4.78 is 0. The predicted molar refractivity (Wildman–Crippen MR) is 73.9 cm³/mol. The highest BCUT2D eigenvalue weighted by Gasteiger charge is 2.03. The average molecular weight is 273 g/mol. The van der Waals surface area contributed by atoms with Crippen LogP contribution in [0.2, 0.25) is 0 Å². The minimum absolute atomic E-state index is 0.0176. The Morgan fingerprint density at radius 1 is 1.45 bits per heavy atom. The van der Waals surface area contributed by atoms with Gasteiger partial charge in [0.2, 0.25) is 5.95 Å². The summed E-state index contributed by atoms with van der Waals surface area (Å²) in [6, 6.07) is 7.37. The van der Waals surface area contributed by atoms with Crippen molar-refractivity contribution >= 4 is 17.9 Å². The van der Waals surface area contributed by atoms with Gasteiger partial charge in [-0.15, -0.1) is 0 Å². The molecule has 0 aliphatic heterocycles. The van der Waals surface area contributed by atoms with Crippen LogP contribution in [-0.4, -0.2) is 21.1 Å². The molecule has 0 bridgehead atoms. The summed E-state index contributed by atoms with van der Waals surface area (Å²) in [5.74, 6) is 0.205. The molecule has 102 valence electrons. The summed E-state index contributed by atoms with van der Waals surface area (Å²) in [6.45, 7) is 1.69. The first-order valence-corrected chi connectivity index (χ1v) is 5.66. The molecule has 0 fully saturated rings. The van der Waals surface area contributed by atoms with E-state index in [1.807, 2.05) is 0 Å². The van der Waals surface area contributed by atoms with E-state index in [2.05, 4.69) is 20.5 Å². The Hall–Kier alpha value is -3.03. The number of hydrogen-bond acceptors (Lipinski definition) is 6. The van der Waals surface area contributed by atoms with Gasteiger partial charge in [-0.25, -0.2) is 10.4 Å². The van der Waals surface area contributed by atoms with Crippen LogP contribution in [-0.2, 0) is 0 Å². The number of benzene rings is 1. The zero-order valence-corrected chi connectivity index (χ0v) is 10.5. The summed E-state index contributed by atoms with van der Waals surface area (Å²) in [5.41, 5.74) is 3.37. The molecular weight excluding hydrogens is 262 g/mol. The number of non-ortho nitro benzene ring substituents is 1. The van der Waals surface area contributed by atoms with E-state index in [0.717, 1.165) is 0 Å². The quantitative estimate of drug-likeness (QED) is 0.497. The molecule has 0 amide bonds. The SMILES string of the molecule is Cc1cc(=O)[nH]c(NN=Cc2cccc([N+](=O)[O-])c2)n1. The highest BCUT2D eigenvalue weighted by Crippen LogP contribution is 2.11. The van der Waals surface area contributed by atoms with Gasteiger partial charge in [-0.2, -0.15) is 5.10 Å². The maximum Gasteiger partial charge on any atom is 0.270 e. The van der Waals surface area contributed by atoms with Crippen LogP contribution >= 0.6 is 0 Å². The van der Waals surface area contributed by atoms with Gasteiger partial charge in [0.1, 0.15) is 0 Å². The number of nitro groups is 1. The Balaban J connectivity index is 2.12. The number of hydrogen-bond donors (Lipinski definition) is 2. The molecule has 0 atom stereocenters. The zero-order valence-electron chi connectivity index (χ0n) is 10.5. The fourth-order valence-corrected chi connectivity index (χ4v) is 1.52. The van der Waals surface area contributed by atoms with Crippen molar-refractivity contribution in [3.63, 3.8) is 0 Å². The van der Waals surface area contributed by atoms with E-state index in [1.165, 1.54) is 24.4 Å². The first kappa shape index (κ1) is 13.4. The number of anilines is 1. The number of aryl methyl sites for hydroxylation is 1. The van der Waals surface area contributed by atoms with Crippen LogP contribution in [0.15, 0.2) is 40.2 Å². The van der Waals surface area contributed by atoms with Crippen molar-refractivity contribution in [1.82, 2.24) is 9.97 Å². The van der Waals surface area contributed by atoms with Gasteiger partial charge in [0.05, 0.1) is 11.1 Å². The monoisotopic (exact) mass is 273 g/mol. The minimum atomic E-state index is -0.482. The molecule has 0 saturated carbocycles. The second kappa shape index (κ2) is 5.74. The smallest absolute Gasteiger partial charge is 0.270 e. The highest BCUT2D eigenvalue weighted by atomic mass is 16.6. The lowest BCUT2D eigenvalue weighted by Gasteiger charge is -1.99. The molecule has 1 aromatic heterocycles. The number of nitrogens with one attached hydrogen (secondary N) is 2. The Morgan fingerprint density at radius 2 is 2.25 bits per heavy atom. The number of aromatic nitrogens is 2. The van der Waals surface area contributed by atoms with Gasteiger partial charge in [-0.1, -0.05) is 12.1 Å². The summed E-state index contributed by atoms with van der Waals surface area (Å²) in [6.07, 6.45) is 1.40. The lowest BCUT2D eigenvalue weighted by Crippen LogP contribution is -2.10. The number of hydrazone groups is 1. The molecule has 8 nitrogen and oxygen atoms in total. The summed E-state index contributed by atoms with van der Waals surface area (Å²) in [5, 5.41) is 14.5. The summed E-state index contributed by atoms with van der Waals surface area (Å²) >= 11 is 0. The van der Waals surface area contributed by atoms with E-state index >= 15 is 0 Å². The molecule has 20 heavy (non-hydrogen) atoms. The maximum atomic E-state index is 11.2. The van der Waals surface area contributed by atoms with Crippen molar-refractivity contribution in [3.8, 4) is 0 Å². The van der Waals surface area contributed by atoms with Crippen molar-refractivity contribution in [2.24, 2.45) is 5.10 Å². The number of nitrogens with zero attached hydrogens (tertiary/aromatic N) is 3. The summed E-state index contributed by atoms with van der Waals surface area (Å²) in [4.78, 5) is 27.8. The number of nitro benzene ring substituents is 1. The Labute approximate surface area is 113 Å². The van der Waals surface area contributed by atoms with Crippen LogP contribution in [0, 0.1) is 17.0 Å². The van der Waals surface area contributed by atoms with Gasteiger partial charge in [-0.3, -0.25) is 19.9 Å². The van der Waals surface area contributed by atoms with Crippen molar-refractivity contribution in [2.75, 3.05) is 5.43 Å². The van der Waals surface area contributed by atoms with Crippen molar-refractivity contribution in [2.45, 2.75) is 6.92 Å². The predicted octanol–water partition coefficient (Wildman–Crippen LogP) is 1.43. The molecule has 0 saturated heterocycles. The maximum absolute atomic E-state index is 11.2. The van der Waals surface area contributed by atoms with Gasteiger partial charge in [0.25, 0.3) is 11.2 Å². The third kappa shape index (κ3) is 3.48. The lowest BCUT2D eigenvalue weighted by molar-refractivity contribution is -0.384. The molecule has 2 rings (SSSR count). The average Bonchev–Trinajstić information content (AvgIpc) is 2.38. The van der Waals surface area contributed by atoms with Crippen LogP contribution in [0.3, 0.4) is 0 Å². The topological polar surface area (TPSA) is 113 Å². The zero-order chi connectivity index (χ0) is 14.5. The van der Waals surface area contributed by atoms with Crippen molar-refractivity contribution in [3.05, 3.63) is 62.1 Å². The normalized spacial score (nSPS) is 10.7. The van der Waals surface area contributed by atoms with Crippen LogP contribution in [0.5, 0.6) is 0 Å². The van der Waals surface area contributed by atoms with Crippen LogP contribution in [0.1, 0.15) is 11.3 Å². The Kier molecular flexibility index (Phi) is 3.85. The molecule has 0 unspecified atom stereocenters. The molecule has 0 aliphatic carbocycles. The number of rotatable bonds is 4. The van der Waals surface area contributed by atoms with E-state index in [9.17, 15) is 14.9 Å². The second-order valence-corrected chi connectivity index (χ2v) is 3.96.